The third-order valence-electron chi connectivity index (χ3n) is 3.89. The summed E-state index contributed by atoms with van der Waals surface area (Å²) in [5.74, 6) is 1.70. The van der Waals surface area contributed by atoms with Crippen LogP contribution < -0.4 is 14.8 Å². The van der Waals surface area contributed by atoms with Gasteiger partial charge in [-0.25, -0.2) is 4.99 Å². The minimum atomic E-state index is -0.215. The van der Waals surface area contributed by atoms with Gasteiger partial charge in [-0.1, -0.05) is 35.9 Å². The molecule has 0 saturated carbocycles. The lowest BCUT2D eigenvalue weighted by atomic mass is 10.1. The van der Waals surface area contributed by atoms with Crippen molar-refractivity contribution in [1.29, 1.82) is 0 Å². The van der Waals surface area contributed by atoms with E-state index in [2.05, 4.69) is 10.3 Å². The number of carbonyl (C=O) groups is 1. The minimum absolute atomic E-state index is 0.215. The molecule has 0 bridgehead atoms. The van der Waals surface area contributed by atoms with E-state index in [-0.39, 0.29) is 5.91 Å². The largest absolute Gasteiger partial charge is 0.490 e. The molecule has 5 heteroatoms. The van der Waals surface area contributed by atoms with Crippen molar-refractivity contribution in [3.8, 4) is 11.5 Å². The van der Waals surface area contributed by atoms with E-state index in [1.807, 2.05) is 63.2 Å². The average molecular weight is 350 g/mol. The van der Waals surface area contributed by atoms with Crippen LogP contribution in [0.5, 0.6) is 11.5 Å². The maximum absolute atomic E-state index is 12.3. The first-order valence-electron chi connectivity index (χ1n) is 8.69. The monoisotopic (exact) mass is 350 g/mol. The Bertz CT molecular complexity index is 867. The highest BCUT2D eigenvalue weighted by Gasteiger charge is 2.21. The molecule has 134 valence electrons. The number of rotatable bonds is 6. The van der Waals surface area contributed by atoms with Crippen molar-refractivity contribution in [2.75, 3.05) is 13.2 Å². The van der Waals surface area contributed by atoms with E-state index in [0.717, 1.165) is 16.7 Å². The number of nitrogens with one attached hydrogen (secondary N) is 1. The number of benzene rings is 2. The van der Waals surface area contributed by atoms with Gasteiger partial charge in [-0.15, -0.1) is 0 Å². The van der Waals surface area contributed by atoms with Gasteiger partial charge in [0.25, 0.3) is 5.91 Å². The van der Waals surface area contributed by atoms with Crippen LogP contribution in [-0.2, 0) is 4.79 Å². The van der Waals surface area contributed by atoms with Crippen LogP contribution in [0.1, 0.15) is 30.5 Å². The molecular formula is C21H22N2O3. The SMILES string of the molecule is CCOc1ccc(C=C2N=C(c3ccc(C)cc3)NC2=O)cc1OCC. The Hall–Kier alpha value is -3.08. The van der Waals surface area contributed by atoms with Gasteiger partial charge >= 0.3 is 0 Å². The standard InChI is InChI=1S/C21H22N2O3/c1-4-25-18-11-8-15(13-19(18)26-5-2)12-17-21(24)23-20(22-17)16-9-6-14(3)7-10-16/h6-13H,4-5H2,1-3H3,(H,22,23,24). The molecule has 3 rings (SSSR count). The summed E-state index contributed by atoms with van der Waals surface area (Å²) in [5, 5.41) is 2.82. The molecule has 0 aliphatic carbocycles. The van der Waals surface area contributed by atoms with Crippen LogP contribution in [0.3, 0.4) is 0 Å². The van der Waals surface area contributed by atoms with Gasteiger partial charge in [-0.3, -0.25) is 4.79 Å². The Balaban J connectivity index is 1.90. The van der Waals surface area contributed by atoms with Crippen molar-refractivity contribution in [1.82, 2.24) is 5.32 Å². The summed E-state index contributed by atoms with van der Waals surface area (Å²) >= 11 is 0. The fourth-order valence-corrected chi connectivity index (χ4v) is 2.63. The molecule has 0 unspecified atom stereocenters. The van der Waals surface area contributed by atoms with E-state index in [0.29, 0.717) is 36.2 Å². The quantitative estimate of drug-likeness (QED) is 0.808. The van der Waals surface area contributed by atoms with Crippen molar-refractivity contribution in [2.24, 2.45) is 4.99 Å². The van der Waals surface area contributed by atoms with Gasteiger partial charge in [-0.05, 0) is 44.5 Å². The highest BCUT2D eigenvalue weighted by atomic mass is 16.5. The lowest BCUT2D eigenvalue weighted by Gasteiger charge is -2.11. The normalized spacial score (nSPS) is 15.0. The second kappa shape index (κ2) is 7.87. The summed E-state index contributed by atoms with van der Waals surface area (Å²) in [7, 11) is 0. The maximum atomic E-state index is 12.3. The topological polar surface area (TPSA) is 59.9 Å². The molecule has 1 aliphatic rings. The van der Waals surface area contributed by atoms with Gasteiger partial charge in [0.15, 0.2) is 11.5 Å². The zero-order chi connectivity index (χ0) is 18.5. The second-order valence-corrected chi connectivity index (χ2v) is 5.88. The average Bonchev–Trinajstić information content (AvgIpc) is 2.99. The number of amides is 1. The first kappa shape index (κ1) is 17.7. The van der Waals surface area contributed by atoms with Crippen molar-refractivity contribution < 1.29 is 14.3 Å². The smallest absolute Gasteiger partial charge is 0.275 e. The lowest BCUT2D eigenvalue weighted by molar-refractivity contribution is -0.115. The van der Waals surface area contributed by atoms with Gasteiger partial charge in [0.05, 0.1) is 13.2 Å². The van der Waals surface area contributed by atoms with Crippen LogP contribution in [0.4, 0.5) is 0 Å². The van der Waals surface area contributed by atoms with Gasteiger partial charge in [0, 0.05) is 5.56 Å². The van der Waals surface area contributed by atoms with Crippen molar-refractivity contribution in [2.45, 2.75) is 20.8 Å². The fourth-order valence-electron chi connectivity index (χ4n) is 2.63. The zero-order valence-electron chi connectivity index (χ0n) is 15.2. The zero-order valence-corrected chi connectivity index (χ0v) is 15.2. The summed E-state index contributed by atoms with van der Waals surface area (Å²) in [5.41, 5.74) is 3.24. The molecule has 0 spiro atoms. The van der Waals surface area contributed by atoms with E-state index in [1.54, 1.807) is 6.08 Å². The van der Waals surface area contributed by atoms with Crippen LogP contribution in [0.25, 0.3) is 6.08 Å². The number of carbonyl (C=O) groups excluding carboxylic acids is 1. The van der Waals surface area contributed by atoms with Crippen LogP contribution >= 0.6 is 0 Å². The Labute approximate surface area is 153 Å². The Morgan fingerprint density at radius 3 is 2.38 bits per heavy atom. The predicted molar refractivity (Wildman–Crippen MR) is 103 cm³/mol. The molecule has 1 amide bonds. The summed E-state index contributed by atoms with van der Waals surface area (Å²) in [6, 6.07) is 13.5. The van der Waals surface area contributed by atoms with Crippen molar-refractivity contribution >= 4 is 17.8 Å². The minimum Gasteiger partial charge on any atom is -0.490 e. The first-order chi connectivity index (χ1) is 12.6. The maximum Gasteiger partial charge on any atom is 0.275 e. The highest BCUT2D eigenvalue weighted by molar-refractivity contribution is 6.19. The number of hydrogen-bond donors (Lipinski definition) is 1. The van der Waals surface area contributed by atoms with Gasteiger partial charge in [-0.2, -0.15) is 0 Å². The Morgan fingerprint density at radius 2 is 1.69 bits per heavy atom. The summed E-state index contributed by atoms with van der Waals surface area (Å²) in [4.78, 5) is 16.7. The van der Waals surface area contributed by atoms with E-state index in [4.69, 9.17) is 9.47 Å². The predicted octanol–water partition coefficient (Wildman–Crippen LogP) is 3.71. The summed E-state index contributed by atoms with van der Waals surface area (Å²) in [6.07, 6.45) is 1.74. The molecule has 2 aromatic carbocycles. The molecule has 26 heavy (non-hydrogen) atoms. The molecular weight excluding hydrogens is 328 g/mol. The molecule has 0 fully saturated rings. The summed E-state index contributed by atoms with van der Waals surface area (Å²) < 4.78 is 11.2. The number of amidine groups is 1. The molecule has 1 N–H and O–H groups in total. The fraction of sp³-hybridized carbons (Fsp3) is 0.238. The Kier molecular flexibility index (Phi) is 5.37. The second-order valence-electron chi connectivity index (χ2n) is 5.88. The molecule has 0 saturated heterocycles. The van der Waals surface area contributed by atoms with Gasteiger partial charge in [0.2, 0.25) is 0 Å². The Morgan fingerprint density at radius 1 is 1.00 bits per heavy atom. The number of hydrogen-bond acceptors (Lipinski definition) is 4. The molecule has 2 aromatic rings. The van der Waals surface area contributed by atoms with E-state index in [9.17, 15) is 4.79 Å². The van der Waals surface area contributed by atoms with Gasteiger partial charge < -0.3 is 14.8 Å². The number of aliphatic imine (C=N–C) groups is 1. The first-order valence-corrected chi connectivity index (χ1v) is 8.69. The lowest BCUT2D eigenvalue weighted by Crippen LogP contribution is -2.24. The third-order valence-corrected chi connectivity index (χ3v) is 3.89. The molecule has 5 nitrogen and oxygen atoms in total. The van der Waals surface area contributed by atoms with Gasteiger partial charge in [0.1, 0.15) is 11.5 Å². The van der Waals surface area contributed by atoms with Crippen molar-refractivity contribution in [3.05, 3.63) is 64.9 Å². The van der Waals surface area contributed by atoms with E-state index < -0.39 is 0 Å². The molecule has 0 atom stereocenters. The van der Waals surface area contributed by atoms with Crippen LogP contribution in [-0.4, -0.2) is 25.0 Å². The number of nitrogens with zero attached hydrogens (tertiary/aromatic N) is 1. The molecule has 1 heterocycles. The van der Waals surface area contributed by atoms with E-state index >= 15 is 0 Å². The molecule has 1 aliphatic heterocycles. The van der Waals surface area contributed by atoms with Crippen LogP contribution in [0.2, 0.25) is 0 Å². The van der Waals surface area contributed by atoms with Crippen LogP contribution in [0, 0.1) is 6.92 Å². The summed E-state index contributed by atoms with van der Waals surface area (Å²) in [6.45, 7) is 6.97. The number of ether oxygens (including phenoxy) is 2. The third kappa shape index (κ3) is 3.94. The van der Waals surface area contributed by atoms with Crippen molar-refractivity contribution in [3.63, 3.8) is 0 Å². The number of aryl methyl sites for hydroxylation is 1. The molecule has 0 aromatic heterocycles. The van der Waals surface area contributed by atoms with E-state index in [1.165, 1.54) is 0 Å². The molecule has 0 radical (unpaired) electrons. The van der Waals surface area contributed by atoms with Crippen LogP contribution in [0.15, 0.2) is 53.2 Å². The highest BCUT2D eigenvalue weighted by Crippen LogP contribution is 2.29.